The molecule has 2 aromatic rings. The van der Waals surface area contributed by atoms with Crippen LogP contribution in [-0.2, 0) is 19.9 Å². The Morgan fingerprint density at radius 1 is 1.26 bits per heavy atom. The Balaban J connectivity index is 1.99. The van der Waals surface area contributed by atoms with Crippen molar-refractivity contribution in [2.75, 3.05) is 11.9 Å². The van der Waals surface area contributed by atoms with Crippen LogP contribution in [0.15, 0.2) is 18.7 Å². The maximum absolute atomic E-state index is 6.10. The maximum atomic E-state index is 6.10. The smallest absolute Gasteiger partial charge is 0.137 e. The van der Waals surface area contributed by atoms with Gasteiger partial charge in [-0.1, -0.05) is 24.9 Å². The molecule has 19 heavy (non-hydrogen) atoms. The summed E-state index contributed by atoms with van der Waals surface area (Å²) in [6.07, 6.45) is 7.98. The van der Waals surface area contributed by atoms with Crippen LogP contribution < -0.4 is 5.32 Å². The highest BCUT2D eigenvalue weighted by molar-refractivity contribution is 6.30. The number of rotatable bonds is 6. The molecule has 0 fully saturated rings. The van der Waals surface area contributed by atoms with E-state index in [0.717, 1.165) is 43.0 Å². The van der Waals surface area contributed by atoms with E-state index in [1.807, 2.05) is 17.8 Å². The van der Waals surface area contributed by atoms with Crippen LogP contribution in [-0.4, -0.2) is 26.1 Å². The first kappa shape index (κ1) is 13.8. The zero-order valence-corrected chi connectivity index (χ0v) is 12.0. The van der Waals surface area contributed by atoms with Crippen molar-refractivity contribution in [2.45, 2.75) is 26.2 Å². The van der Waals surface area contributed by atoms with Crippen molar-refractivity contribution >= 4 is 17.4 Å². The van der Waals surface area contributed by atoms with Gasteiger partial charge in [-0.05, 0) is 6.42 Å². The molecule has 0 aromatic carbocycles. The summed E-state index contributed by atoms with van der Waals surface area (Å²) in [7, 11) is 1.99. The topological polar surface area (TPSA) is 55.6 Å². The van der Waals surface area contributed by atoms with E-state index in [0.29, 0.717) is 5.15 Å². The van der Waals surface area contributed by atoms with E-state index in [4.69, 9.17) is 11.6 Å². The van der Waals surface area contributed by atoms with Crippen molar-refractivity contribution in [3.05, 3.63) is 35.3 Å². The number of hydrogen-bond acceptors (Lipinski definition) is 4. The molecular formula is C13H18ClN5. The minimum atomic E-state index is 0.538. The van der Waals surface area contributed by atoms with Gasteiger partial charge in [-0.25, -0.2) is 15.0 Å². The SMILES string of the molecule is CCCc1c(Cl)ncnc1NCCc1nccn1C. The molecule has 0 atom stereocenters. The monoisotopic (exact) mass is 279 g/mol. The molecule has 0 radical (unpaired) electrons. The minimum Gasteiger partial charge on any atom is -0.369 e. The molecule has 2 aromatic heterocycles. The number of nitrogens with one attached hydrogen (secondary N) is 1. The predicted octanol–water partition coefficient (Wildman–Crippen LogP) is 2.47. The lowest BCUT2D eigenvalue weighted by molar-refractivity contribution is 0.786. The van der Waals surface area contributed by atoms with Gasteiger partial charge in [0.25, 0.3) is 0 Å². The molecule has 0 unspecified atom stereocenters. The van der Waals surface area contributed by atoms with Crippen LogP contribution in [0.4, 0.5) is 5.82 Å². The Kier molecular flexibility index (Phi) is 4.74. The first-order chi connectivity index (χ1) is 9.22. The zero-order valence-electron chi connectivity index (χ0n) is 11.2. The van der Waals surface area contributed by atoms with Crippen molar-refractivity contribution in [3.8, 4) is 0 Å². The normalized spacial score (nSPS) is 10.7. The predicted molar refractivity (Wildman–Crippen MR) is 76.4 cm³/mol. The van der Waals surface area contributed by atoms with Crippen LogP contribution >= 0.6 is 11.6 Å². The molecule has 5 nitrogen and oxygen atoms in total. The zero-order chi connectivity index (χ0) is 13.7. The van der Waals surface area contributed by atoms with Crippen molar-refractivity contribution in [1.82, 2.24) is 19.5 Å². The van der Waals surface area contributed by atoms with Gasteiger partial charge in [-0.2, -0.15) is 0 Å². The fraction of sp³-hybridized carbons (Fsp3) is 0.462. The van der Waals surface area contributed by atoms with Crippen LogP contribution in [0.3, 0.4) is 0 Å². The van der Waals surface area contributed by atoms with Gasteiger partial charge in [-0.3, -0.25) is 0 Å². The van der Waals surface area contributed by atoms with Gasteiger partial charge < -0.3 is 9.88 Å². The summed E-state index contributed by atoms with van der Waals surface area (Å²) in [5.74, 6) is 1.88. The van der Waals surface area contributed by atoms with Crippen molar-refractivity contribution in [3.63, 3.8) is 0 Å². The van der Waals surface area contributed by atoms with Crippen molar-refractivity contribution < 1.29 is 0 Å². The number of aromatic nitrogens is 4. The third-order valence-electron chi connectivity index (χ3n) is 2.95. The maximum Gasteiger partial charge on any atom is 0.137 e. The summed E-state index contributed by atoms with van der Waals surface area (Å²) in [5.41, 5.74) is 0.992. The van der Waals surface area contributed by atoms with Gasteiger partial charge in [0, 0.05) is 38.0 Å². The summed E-state index contributed by atoms with van der Waals surface area (Å²) >= 11 is 6.10. The van der Waals surface area contributed by atoms with Crippen molar-refractivity contribution in [1.29, 1.82) is 0 Å². The number of hydrogen-bond donors (Lipinski definition) is 1. The molecule has 0 aliphatic rings. The highest BCUT2D eigenvalue weighted by Gasteiger charge is 2.08. The lowest BCUT2D eigenvalue weighted by Crippen LogP contribution is -2.11. The van der Waals surface area contributed by atoms with Gasteiger partial charge in [0.05, 0.1) is 0 Å². The summed E-state index contributed by atoms with van der Waals surface area (Å²) in [6, 6.07) is 0. The van der Waals surface area contributed by atoms with Gasteiger partial charge in [0.2, 0.25) is 0 Å². The Bertz CT molecular complexity index is 538. The Hall–Kier alpha value is -1.62. The third kappa shape index (κ3) is 3.44. The highest BCUT2D eigenvalue weighted by atomic mass is 35.5. The summed E-state index contributed by atoms with van der Waals surface area (Å²) in [6.45, 7) is 2.88. The number of imidazole rings is 1. The number of halogens is 1. The first-order valence-electron chi connectivity index (χ1n) is 6.41. The lowest BCUT2D eigenvalue weighted by atomic mass is 10.2. The molecule has 0 bridgehead atoms. The molecule has 2 heterocycles. The average molecular weight is 280 g/mol. The molecule has 1 N–H and O–H groups in total. The van der Waals surface area contributed by atoms with Crippen LogP contribution in [0.25, 0.3) is 0 Å². The molecule has 0 aliphatic carbocycles. The van der Waals surface area contributed by atoms with E-state index in [2.05, 4.69) is 27.2 Å². The van der Waals surface area contributed by atoms with Gasteiger partial charge in [0.15, 0.2) is 0 Å². The summed E-state index contributed by atoms with van der Waals surface area (Å²) in [4.78, 5) is 12.6. The summed E-state index contributed by atoms with van der Waals surface area (Å²) < 4.78 is 2.02. The van der Waals surface area contributed by atoms with E-state index >= 15 is 0 Å². The Labute approximate surface area is 118 Å². The molecular weight excluding hydrogens is 262 g/mol. The molecule has 102 valence electrons. The second-order valence-electron chi connectivity index (χ2n) is 4.37. The second kappa shape index (κ2) is 6.52. The quantitative estimate of drug-likeness (QED) is 0.826. The summed E-state index contributed by atoms with van der Waals surface area (Å²) in [5, 5.41) is 3.85. The molecule has 0 saturated carbocycles. The van der Waals surface area contributed by atoms with Crippen LogP contribution in [0, 0.1) is 0 Å². The molecule has 6 heteroatoms. The first-order valence-corrected chi connectivity index (χ1v) is 6.79. The van der Waals surface area contributed by atoms with Crippen molar-refractivity contribution in [2.24, 2.45) is 7.05 Å². The lowest BCUT2D eigenvalue weighted by Gasteiger charge is -2.11. The fourth-order valence-electron chi connectivity index (χ4n) is 1.94. The van der Waals surface area contributed by atoms with Crippen LogP contribution in [0.2, 0.25) is 5.15 Å². The second-order valence-corrected chi connectivity index (χ2v) is 4.73. The Morgan fingerprint density at radius 2 is 2.11 bits per heavy atom. The van der Waals surface area contributed by atoms with Crippen LogP contribution in [0.1, 0.15) is 24.7 Å². The third-order valence-corrected chi connectivity index (χ3v) is 3.28. The molecule has 0 aliphatic heterocycles. The highest BCUT2D eigenvalue weighted by Crippen LogP contribution is 2.21. The largest absolute Gasteiger partial charge is 0.369 e. The fourth-order valence-corrected chi connectivity index (χ4v) is 2.17. The van der Waals surface area contributed by atoms with E-state index in [1.54, 1.807) is 6.20 Å². The van der Waals surface area contributed by atoms with E-state index in [9.17, 15) is 0 Å². The van der Waals surface area contributed by atoms with Gasteiger partial charge in [0.1, 0.15) is 23.1 Å². The number of anilines is 1. The van der Waals surface area contributed by atoms with Gasteiger partial charge in [-0.15, -0.1) is 0 Å². The van der Waals surface area contributed by atoms with E-state index in [1.165, 1.54) is 6.33 Å². The standard InChI is InChI=1S/C13H18ClN5/c1-3-4-10-12(14)17-9-18-13(10)16-6-5-11-15-7-8-19(11)2/h7-9H,3-6H2,1-2H3,(H,16,17,18). The molecule has 0 spiro atoms. The Morgan fingerprint density at radius 3 is 2.79 bits per heavy atom. The number of aryl methyl sites for hydroxylation is 1. The van der Waals surface area contributed by atoms with Gasteiger partial charge >= 0.3 is 0 Å². The van der Waals surface area contributed by atoms with E-state index < -0.39 is 0 Å². The minimum absolute atomic E-state index is 0.538. The van der Waals surface area contributed by atoms with Crippen LogP contribution in [0.5, 0.6) is 0 Å². The molecule has 2 rings (SSSR count). The average Bonchev–Trinajstić information content (AvgIpc) is 2.79. The molecule has 0 saturated heterocycles. The van der Waals surface area contributed by atoms with E-state index in [-0.39, 0.29) is 0 Å². The molecule has 0 amide bonds. The number of nitrogens with zero attached hydrogens (tertiary/aromatic N) is 4.